The molecule has 0 bridgehead atoms. The van der Waals surface area contributed by atoms with Crippen molar-refractivity contribution in [3.8, 4) is 0 Å². The van der Waals surface area contributed by atoms with Crippen molar-refractivity contribution in [1.82, 2.24) is 0 Å². The molecule has 1 rings (SSSR count). The number of carbonyl (C=O) groups excluding carboxylic acids is 1. The number of rotatable bonds is 12. The molecule has 0 radical (unpaired) electrons. The van der Waals surface area contributed by atoms with Crippen molar-refractivity contribution in [3.63, 3.8) is 0 Å². The van der Waals surface area contributed by atoms with Crippen LogP contribution in [0, 0.1) is 11.8 Å². The highest BCUT2D eigenvalue weighted by molar-refractivity contribution is 5.84. The maximum atomic E-state index is 12.1. The second kappa shape index (κ2) is 12.0. The van der Waals surface area contributed by atoms with E-state index in [1.807, 2.05) is 12.2 Å². The standard InChI is InChI=1S/C20H32O5/c1-2-3-6-9-15(21)12-13-17-16(18(22)14-19(17)23)10-7-4-5-8-11-20(24)25/h4,7,12-13,15-17,19,21,23H,2-3,5-6,8-11,14H2,1H3,(H,24,25)/b7-4+,13-12+/t15-,16?,17+,19+/m0/s1. The Kier molecular flexibility index (Phi) is 10.3. The third-order valence-corrected chi connectivity index (χ3v) is 4.71. The second-order valence-electron chi connectivity index (χ2n) is 6.86. The molecule has 0 aromatic rings. The minimum atomic E-state index is -0.801. The van der Waals surface area contributed by atoms with Crippen molar-refractivity contribution in [3.05, 3.63) is 24.3 Å². The minimum Gasteiger partial charge on any atom is -0.481 e. The first-order valence-corrected chi connectivity index (χ1v) is 9.39. The van der Waals surface area contributed by atoms with Crippen molar-refractivity contribution in [2.24, 2.45) is 11.8 Å². The number of hydrogen-bond donors (Lipinski definition) is 3. The molecular weight excluding hydrogens is 320 g/mol. The normalized spacial score (nSPS) is 25.2. The summed E-state index contributed by atoms with van der Waals surface area (Å²) in [5.41, 5.74) is 0. The first kappa shape index (κ1) is 21.6. The maximum absolute atomic E-state index is 12.1. The fourth-order valence-electron chi connectivity index (χ4n) is 3.22. The van der Waals surface area contributed by atoms with Crippen molar-refractivity contribution in [1.29, 1.82) is 0 Å². The summed E-state index contributed by atoms with van der Waals surface area (Å²) in [5, 5.41) is 28.7. The number of allylic oxidation sites excluding steroid dienone is 2. The SMILES string of the molecule is CCCCC[C@H](O)/C=C/[C@@H]1C(C/C=C/CCCC(=O)O)C(=O)C[C@H]1O. The number of Topliss-reactive ketones (excluding diaryl/α,β-unsaturated/α-hetero) is 1. The quantitative estimate of drug-likeness (QED) is 0.370. The monoisotopic (exact) mass is 352 g/mol. The number of ketones is 1. The van der Waals surface area contributed by atoms with Gasteiger partial charge in [-0.05, 0) is 25.7 Å². The largest absolute Gasteiger partial charge is 0.481 e. The van der Waals surface area contributed by atoms with E-state index in [2.05, 4.69) is 6.92 Å². The van der Waals surface area contributed by atoms with Crippen LogP contribution >= 0.6 is 0 Å². The Morgan fingerprint density at radius 1 is 1.28 bits per heavy atom. The Bertz CT molecular complexity index is 469. The van der Waals surface area contributed by atoms with Crippen LogP contribution in [0.25, 0.3) is 0 Å². The predicted octanol–water partition coefficient (Wildman–Crippen LogP) is 3.25. The Balaban J connectivity index is 2.48. The number of hydrogen-bond acceptors (Lipinski definition) is 4. The fraction of sp³-hybridized carbons (Fsp3) is 0.700. The molecule has 1 aliphatic carbocycles. The van der Waals surface area contributed by atoms with E-state index in [0.29, 0.717) is 25.7 Å². The zero-order chi connectivity index (χ0) is 18.7. The highest BCUT2D eigenvalue weighted by atomic mass is 16.4. The van der Waals surface area contributed by atoms with Gasteiger partial charge in [0.15, 0.2) is 0 Å². The van der Waals surface area contributed by atoms with Gasteiger partial charge < -0.3 is 15.3 Å². The van der Waals surface area contributed by atoms with Crippen molar-refractivity contribution in [2.45, 2.75) is 76.9 Å². The van der Waals surface area contributed by atoms with Gasteiger partial charge in [0.2, 0.25) is 0 Å². The maximum Gasteiger partial charge on any atom is 0.303 e. The zero-order valence-corrected chi connectivity index (χ0v) is 15.1. The van der Waals surface area contributed by atoms with Gasteiger partial charge in [0, 0.05) is 24.7 Å². The lowest BCUT2D eigenvalue weighted by Gasteiger charge is -2.16. The molecule has 1 saturated carbocycles. The fourth-order valence-corrected chi connectivity index (χ4v) is 3.22. The molecule has 0 amide bonds. The van der Waals surface area contributed by atoms with E-state index in [4.69, 9.17) is 5.11 Å². The van der Waals surface area contributed by atoms with Gasteiger partial charge in [-0.25, -0.2) is 0 Å². The van der Waals surface area contributed by atoms with Crippen LogP contribution in [0.5, 0.6) is 0 Å². The summed E-state index contributed by atoms with van der Waals surface area (Å²) >= 11 is 0. The molecular formula is C20H32O5. The molecule has 5 nitrogen and oxygen atoms in total. The first-order chi connectivity index (χ1) is 12.0. The molecule has 4 atom stereocenters. The van der Waals surface area contributed by atoms with Crippen molar-refractivity contribution >= 4 is 11.8 Å². The number of aliphatic hydroxyl groups excluding tert-OH is 2. The molecule has 25 heavy (non-hydrogen) atoms. The summed E-state index contributed by atoms with van der Waals surface area (Å²) in [7, 11) is 0. The third kappa shape index (κ3) is 8.45. The third-order valence-electron chi connectivity index (χ3n) is 4.71. The summed E-state index contributed by atoms with van der Waals surface area (Å²) in [5.74, 6) is -1.26. The van der Waals surface area contributed by atoms with Gasteiger partial charge in [-0.3, -0.25) is 9.59 Å². The van der Waals surface area contributed by atoms with E-state index in [-0.39, 0.29) is 30.5 Å². The summed E-state index contributed by atoms with van der Waals surface area (Å²) in [6.07, 6.45) is 12.1. The van der Waals surface area contributed by atoms with E-state index < -0.39 is 18.2 Å². The van der Waals surface area contributed by atoms with E-state index in [1.54, 1.807) is 12.2 Å². The van der Waals surface area contributed by atoms with E-state index >= 15 is 0 Å². The molecule has 0 aromatic heterocycles. The topological polar surface area (TPSA) is 94.8 Å². The summed E-state index contributed by atoms with van der Waals surface area (Å²) in [6.45, 7) is 2.11. The predicted molar refractivity (Wildman–Crippen MR) is 97.1 cm³/mol. The first-order valence-electron chi connectivity index (χ1n) is 9.39. The van der Waals surface area contributed by atoms with Crippen LogP contribution < -0.4 is 0 Å². The number of aliphatic carboxylic acids is 1. The highest BCUT2D eigenvalue weighted by Gasteiger charge is 2.39. The summed E-state index contributed by atoms with van der Waals surface area (Å²) in [4.78, 5) is 22.5. The smallest absolute Gasteiger partial charge is 0.303 e. The van der Waals surface area contributed by atoms with Crippen LogP contribution in [-0.4, -0.2) is 39.3 Å². The van der Waals surface area contributed by atoms with Gasteiger partial charge in [0.05, 0.1) is 12.2 Å². The lowest BCUT2D eigenvalue weighted by molar-refractivity contribution is -0.137. The van der Waals surface area contributed by atoms with Crippen LogP contribution in [0.2, 0.25) is 0 Å². The molecule has 0 saturated heterocycles. The highest BCUT2D eigenvalue weighted by Crippen LogP contribution is 2.33. The van der Waals surface area contributed by atoms with Crippen molar-refractivity contribution < 1.29 is 24.9 Å². The molecule has 5 heteroatoms. The molecule has 1 fully saturated rings. The Hall–Kier alpha value is -1.46. The Labute approximate surface area is 150 Å². The number of aliphatic hydroxyl groups is 2. The minimum absolute atomic E-state index is 0.0535. The second-order valence-corrected chi connectivity index (χ2v) is 6.86. The lowest BCUT2D eigenvalue weighted by atomic mass is 9.90. The van der Waals surface area contributed by atoms with Crippen molar-refractivity contribution in [2.75, 3.05) is 0 Å². The van der Waals surface area contributed by atoms with E-state index in [1.165, 1.54) is 0 Å². The van der Waals surface area contributed by atoms with Gasteiger partial charge >= 0.3 is 5.97 Å². The molecule has 1 aliphatic rings. The van der Waals surface area contributed by atoms with E-state index in [9.17, 15) is 19.8 Å². The molecule has 3 N–H and O–H groups in total. The molecule has 1 unspecified atom stereocenters. The van der Waals surface area contributed by atoms with Crippen LogP contribution in [-0.2, 0) is 9.59 Å². The molecule has 0 aromatic carbocycles. The average molecular weight is 352 g/mol. The molecule has 0 heterocycles. The number of carboxylic acids is 1. The summed E-state index contributed by atoms with van der Waals surface area (Å²) in [6, 6.07) is 0. The molecule has 0 aliphatic heterocycles. The number of unbranched alkanes of at least 4 members (excludes halogenated alkanes) is 3. The van der Waals surface area contributed by atoms with Gasteiger partial charge in [0.25, 0.3) is 0 Å². The van der Waals surface area contributed by atoms with Crippen LogP contribution in [0.15, 0.2) is 24.3 Å². The van der Waals surface area contributed by atoms with Gasteiger partial charge in [-0.15, -0.1) is 0 Å². The molecule has 0 spiro atoms. The van der Waals surface area contributed by atoms with E-state index in [0.717, 1.165) is 19.3 Å². The van der Waals surface area contributed by atoms with Crippen LogP contribution in [0.3, 0.4) is 0 Å². The molecule has 142 valence electrons. The average Bonchev–Trinajstić information content (AvgIpc) is 2.82. The van der Waals surface area contributed by atoms with Gasteiger partial charge in [-0.2, -0.15) is 0 Å². The summed E-state index contributed by atoms with van der Waals surface area (Å²) < 4.78 is 0. The van der Waals surface area contributed by atoms with Gasteiger partial charge in [-0.1, -0.05) is 50.5 Å². The number of carbonyl (C=O) groups is 2. The number of carboxylic acid groups (broad SMARTS) is 1. The zero-order valence-electron chi connectivity index (χ0n) is 15.1. The van der Waals surface area contributed by atoms with Crippen LogP contribution in [0.1, 0.15) is 64.7 Å². The Morgan fingerprint density at radius 3 is 2.72 bits per heavy atom. The Morgan fingerprint density at radius 2 is 2.04 bits per heavy atom. The van der Waals surface area contributed by atoms with Crippen LogP contribution in [0.4, 0.5) is 0 Å². The lowest BCUT2D eigenvalue weighted by Crippen LogP contribution is -2.18. The van der Waals surface area contributed by atoms with Gasteiger partial charge in [0.1, 0.15) is 5.78 Å².